The summed E-state index contributed by atoms with van der Waals surface area (Å²) < 4.78 is 12.4. The summed E-state index contributed by atoms with van der Waals surface area (Å²) in [4.78, 5) is 35.3. The zero-order chi connectivity index (χ0) is 22.5. The molecule has 8 nitrogen and oxygen atoms in total. The van der Waals surface area contributed by atoms with E-state index >= 15 is 0 Å². The van der Waals surface area contributed by atoms with Crippen molar-refractivity contribution in [2.75, 3.05) is 11.9 Å². The number of rotatable bonds is 9. The Morgan fingerprint density at radius 2 is 1.94 bits per heavy atom. The lowest BCUT2D eigenvalue weighted by Gasteiger charge is -2.10. The van der Waals surface area contributed by atoms with Crippen molar-refractivity contribution in [3.05, 3.63) is 66.6 Å². The highest BCUT2D eigenvalue weighted by Crippen LogP contribution is 2.31. The summed E-state index contributed by atoms with van der Waals surface area (Å²) in [6, 6.07) is 10.6. The third-order valence-electron chi connectivity index (χ3n) is 5.03. The average Bonchev–Trinajstić information content (AvgIpc) is 3.43. The van der Waals surface area contributed by atoms with E-state index in [-0.39, 0.29) is 23.7 Å². The van der Waals surface area contributed by atoms with Crippen LogP contribution in [0, 0.1) is 0 Å². The van der Waals surface area contributed by atoms with E-state index in [1.54, 1.807) is 22.8 Å². The van der Waals surface area contributed by atoms with Gasteiger partial charge in [-0.05, 0) is 30.7 Å². The number of nitrogens with zero attached hydrogens (tertiary/aromatic N) is 3. The van der Waals surface area contributed by atoms with Gasteiger partial charge in [-0.2, -0.15) is 0 Å². The molecule has 0 aliphatic heterocycles. The van der Waals surface area contributed by atoms with E-state index in [1.165, 1.54) is 6.26 Å². The Balaban J connectivity index is 1.87. The zero-order valence-corrected chi connectivity index (χ0v) is 17.8. The van der Waals surface area contributed by atoms with E-state index in [0.29, 0.717) is 28.7 Å². The number of fused-ring (bicyclic) bond motifs is 2. The number of carbonyl (C=O) groups is 2. The molecule has 1 aromatic carbocycles. The summed E-state index contributed by atoms with van der Waals surface area (Å²) in [5.74, 6) is -0.688. The number of aromatic nitrogens is 3. The molecule has 0 aliphatic carbocycles. The van der Waals surface area contributed by atoms with Crippen molar-refractivity contribution < 1.29 is 18.7 Å². The Morgan fingerprint density at radius 3 is 2.62 bits per heavy atom. The summed E-state index contributed by atoms with van der Waals surface area (Å²) in [5.41, 5.74) is 2.30. The van der Waals surface area contributed by atoms with E-state index in [0.717, 1.165) is 19.3 Å². The molecule has 0 saturated heterocycles. The minimum Gasteiger partial charge on any atom is -0.462 e. The maximum absolute atomic E-state index is 13.2. The highest BCUT2D eigenvalue weighted by molar-refractivity contribution is 6.13. The van der Waals surface area contributed by atoms with Crippen molar-refractivity contribution in [3.8, 4) is 0 Å². The van der Waals surface area contributed by atoms with Crippen LogP contribution in [0.1, 0.15) is 47.1 Å². The van der Waals surface area contributed by atoms with Gasteiger partial charge in [-0.3, -0.25) is 4.79 Å². The first-order valence-electron chi connectivity index (χ1n) is 10.6. The standard InChI is InChI=1S/C24H24N4O4/c1-3-5-8-14-32-24(30)19-20-22(26-17-11-7-6-10-16(17)25-20)28(13-4-2)21(19)27-23(29)18-12-9-15-31-18/h4,6-7,9-12,15H,2-3,5,8,13-14H2,1H3,(H,27,29). The molecule has 0 radical (unpaired) electrons. The summed E-state index contributed by atoms with van der Waals surface area (Å²) in [5, 5.41) is 2.79. The summed E-state index contributed by atoms with van der Waals surface area (Å²) >= 11 is 0. The number of amides is 1. The summed E-state index contributed by atoms with van der Waals surface area (Å²) in [7, 11) is 0. The quantitative estimate of drug-likeness (QED) is 0.228. The first kappa shape index (κ1) is 21.3. The minimum atomic E-state index is -0.562. The monoisotopic (exact) mass is 432 g/mol. The van der Waals surface area contributed by atoms with Crippen molar-refractivity contribution in [1.82, 2.24) is 14.5 Å². The van der Waals surface area contributed by atoms with Crippen molar-refractivity contribution in [2.24, 2.45) is 0 Å². The molecule has 3 aromatic heterocycles. The third-order valence-corrected chi connectivity index (χ3v) is 5.03. The topological polar surface area (TPSA) is 99.3 Å². The van der Waals surface area contributed by atoms with Crippen LogP contribution in [0.15, 0.2) is 59.7 Å². The number of furan rings is 1. The number of carbonyl (C=O) groups excluding carboxylic acids is 2. The summed E-state index contributed by atoms with van der Waals surface area (Å²) in [6.45, 7) is 6.47. The second kappa shape index (κ2) is 9.47. The van der Waals surface area contributed by atoms with Crippen molar-refractivity contribution in [1.29, 1.82) is 0 Å². The molecule has 1 N–H and O–H groups in total. The SMILES string of the molecule is C=CCn1c(NC(=O)c2ccco2)c(C(=O)OCCCCC)c2nc3ccccc3nc21. The molecule has 0 saturated carbocycles. The second-order valence-electron chi connectivity index (χ2n) is 7.28. The minimum absolute atomic E-state index is 0.119. The van der Waals surface area contributed by atoms with Gasteiger partial charge >= 0.3 is 5.97 Å². The highest BCUT2D eigenvalue weighted by Gasteiger charge is 2.28. The van der Waals surface area contributed by atoms with Crippen LogP contribution in [-0.2, 0) is 11.3 Å². The van der Waals surface area contributed by atoms with Crippen molar-refractivity contribution in [3.63, 3.8) is 0 Å². The first-order chi connectivity index (χ1) is 15.6. The number of nitrogens with one attached hydrogen (secondary N) is 1. The fourth-order valence-corrected chi connectivity index (χ4v) is 3.50. The van der Waals surface area contributed by atoms with Crippen LogP contribution in [0.4, 0.5) is 5.82 Å². The number of hydrogen-bond donors (Lipinski definition) is 1. The average molecular weight is 432 g/mol. The largest absolute Gasteiger partial charge is 0.462 e. The van der Waals surface area contributed by atoms with E-state index in [1.807, 2.05) is 24.3 Å². The lowest BCUT2D eigenvalue weighted by atomic mass is 10.2. The van der Waals surface area contributed by atoms with Gasteiger partial charge in [0.05, 0.1) is 23.9 Å². The molecule has 0 unspecified atom stereocenters. The van der Waals surface area contributed by atoms with Crippen LogP contribution in [0.5, 0.6) is 0 Å². The van der Waals surface area contributed by atoms with E-state index in [4.69, 9.17) is 14.1 Å². The van der Waals surface area contributed by atoms with Gasteiger partial charge in [0.1, 0.15) is 16.9 Å². The highest BCUT2D eigenvalue weighted by atomic mass is 16.5. The van der Waals surface area contributed by atoms with E-state index in [9.17, 15) is 9.59 Å². The number of ether oxygens (including phenoxy) is 1. The summed E-state index contributed by atoms with van der Waals surface area (Å²) in [6.07, 6.45) is 5.80. The Bertz CT molecular complexity index is 1270. The fourth-order valence-electron chi connectivity index (χ4n) is 3.50. The Labute approximate surface area is 184 Å². The number of allylic oxidation sites excluding steroid dienone is 1. The van der Waals surface area contributed by atoms with E-state index in [2.05, 4.69) is 23.8 Å². The fraction of sp³-hybridized carbons (Fsp3) is 0.250. The van der Waals surface area contributed by atoms with Gasteiger partial charge in [-0.25, -0.2) is 14.8 Å². The molecule has 0 aliphatic rings. The molecule has 4 rings (SSSR count). The number of benzene rings is 1. The molecule has 3 heterocycles. The van der Waals surface area contributed by atoms with Gasteiger partial charge in [0, 0.05) is 6.54 Å². The maximum atomic E-state index is 13.2. The molecule has 4 aromatic rings. The van der Waals surface area contributed by atoms with Gasteiger partial charge in [-0.1, -0.05) is 38.0 Å². The smallest absolute Gasteiger partial charge is 0.344 e. The molecular weight excluding hydrogens is 408 g/mol. The molecule has 0 bridgehead atoms. The molecule has 0 atom stereocenters. The van der Waals surface area contributed by atoms with Crippen molar-refractivity contribution in [2.45, 2.75) is 32.7 Å². The Hall–Kier alpha value is -3.94. The van der Waals surface area contributed by atoms with Gasteiger partial charge < -0.3 is 19.0 Å². The van der Waals surface area contributed by atoms with Gasteiger partial charge in [0.25, 0.3) is 5.91 Å². The molecule has 32 heavy (non-hydrogen) atoms. The lowest BCUT2D eigenvalue weighted by Crippen LogP contribution is -2.18. The number of anilines is 1. The Kier molecular flexibility index (Phi) is 6.30. The molecule has 8 heteroatoms. The number of hydrogen-bond acceptors (Lipinski definition) is 6. The van der Waals surface area contributed by atoms with Crippen LogP contribution >= 0.6 is 0 Å². The Morgan fingerprint density at radius 1 is 1.16 bits per heavy atom. The number of para-hydroxylation sites is 2. The maximum Gasteiger partial charge on any atom is 0.344 e. The predicted molar refractivity (Wildman–Crippen MR) is 122 cm³/mol. The number of esters is 1. The molecule has 1 amide bonds. The van der Waals surface area contributed by atoms with Crippen LogP contribution in [0.3, 0.4) is 0 Å². The van der Waals surface area contributed by atoms with Crippen LogP contribution in [0.2, 0.25) is 0 Å². The van der Waals surface area contributed by atoms with Crippen molar-refractivity contribution >= 4 is 39.9 Å². The molecule has 0 fully saturated rings. The van der Waals surface area contributed by atoms with Gasteiger partial charge in [-0.15, -0.1) is 6.58 Å². The molecular formula is C24H24N4O4. The third kappa shape index (κ3) is 4.12. The predicted octanol–water partition coefficient (Wildman–Crippen LogP) is 4.96. The normalized spacial score (nSPS) is 11.0. The van der Waals surface area contributed by atoms with Gasteiger partial charge in [0.15, 0.2) is 11.4 Å². The van der Waals surface area contributed by atoms with Gasteiger partial charge in [0.2, 0.25) is 0 Å². The lowest BCUT2D eigenvalue weighted by molar-refractivity contribution is 0.0501. The van der Waals surface area contributed by atoms with Crippen LogP contribution < -0.4 is 5.32 Å². The van der Waals surface area contributed by atoms with Crippen LogP contribution in [0.25, 0.3) is 22.2 Å². The molecule has 164 valence electrons. The zero-order valence-electron chi connectivity index (χ0n) is 17.8. The molecule has 0 spiro atoms. The van der Waals surface area contributed by atoms with Crippen LogP contribution in [-0.4, -0.2) is 33.0 Å². The first-order valence-corrected chi connectivity index (χ1v) is 10.6. The second-order valence-corrected chi connectivity index (χ2v) is 7.28. The van der Waals surface area contributed by atoms with E-state index < -0.39 is 11.9 Å². The number of unbranched alkanes of at least 4 members (excludes halogenated alkanes) is 2.